The second-order valence-electron chi connectivity index (χ2n) is 15.8. The number of carboxylic acid groups (broad SMARTS) is 1. The molecule has 4 rings (SSSR count). The number of ether oxygens (including phenoxy) is 3. The maximum atomic E-state index is 13.4. The fourth-order valence-electron chi connectivity index (χ4n) is 10.2. The van der Waals surface area contributed by atoms with Crippen molar-refractivity contribution in [1.82, 2.24) is 10.6 Å². The predicted molar refractivity (Wildman–Crippen MR) is 169 cm³/mol. The average Bonchev–Trinajstić information content (AvgIpc) is 3.28. The number of aliphatic carboxylic acids is 1. The van der Waals surface area contributed by atoms with E-state index in [1.54, 1.807) is 6.08 Å². The molecule has 2 amide bonds. The van der Waals surface area contributed by atoms with Crippen molar-refractivity contribution in [2.24, 2.45) is 46.3 Å². The molecule has 0 aliphatic heterocycles. The first-order valence-electron chi connectivity index (χ1n) is 16.9. The molecule has 4 fully saturated rings. The van der Waals surface area contributed by atoms with Gasteiger partial charge in [-0.25, -0.2) is 9.59 Å². The zero-order valence-corrected chi connectivity index (χ0v) is 28.4. The molecule has 10 heteroatoms. The smallest absolute Gasteiger partial charge is 0.407 e. The van der Waals surface area contributed by atoms with Gasteiger partial charge in [0.2, 0.25) is 0 Å². The molecule has 11 atom stereocenters. The van der Waals surface area contributed by atoms with E-state index in [1.165, 1.54) is 6.92 Å². The van der Waals surface area contributed by atoms with Gasteiger partial charge in [0, 0.05) is 31.3 Å². The number of fused-ring (bicyclic) bond motifs is 5. The summed E-state index contributed by atoms with van der Waals surface area (Å²) in [6, 6.07) is -0.220. The number of carbonyl (C=O) groups excluding carboxylic acids is 3. The Hall–Kier alpha value is -2.78. The van der Waals surface area contributed by atoms with Crippen LogP contribution in [0.4, 0.5) is 9.59 Å². The average molecular weight is 633 g/mol. The highest BCUT2D eigenvalue weighted by molar-refractivity contribution is 5.69. The van der Waals surface area contributed by atoms with Gasteiger partial charge in [-0.3, -0.25) is 9.59 Å². The van der Waals surface area contributed by atoms with Crippen molar-refractivity contribution in [2.45, 2.75) is 130 Å². The van der Waals surface area contributed by atoms with E-state index in [0.717, 1.165) is 44.9 Å². The molecule has 0 aromatic rings. The SMILES string of the molecule is C=CCOC(=O)N[C@@H]1CC[C@@]2(C)[C@@H](C1)C[C@@H](OC(C)=O)[C@@H]1[C@@H]2C[C@H](NC(=O)OC(C)(C)C)[C@]2(C)[C@@H]([C@H](C)CCC(=O)O)CC[C@@H]12. The summed E-state index contributed by atoms with van der Waals surface area (Å²) in [6.07, 6.45) is 6.89. The van der Waals surface area contributed by atoms with Crippen LogP contribution >= 0.6 is 0 Å². The summed E-state index contributed by atoms with van der Waals surface area (Å²) in [5.74, 6) is -0.0457. The summed E-state index contributed by atoms with van der Waals surface area (Å²) in [4.78, 5) is 49.8. The molecule has 0 unspecified atom stereocenters. The molecule has 0 bridgehead atoms. The topological polar surface area (TPSA) is 140 Å². The van der Waals surface area contributed by atoms with Crippen LogP contribution in [0.2, 0.25) is 0 Å². The highest BCUT2D eigenvalue weighted by atomic mass is 16.6. The predicted octanol–water partition coefficient (Wildman–Crippen LogP) is 6.47. The number of esters is 1. The van der Waals surface area contributed by atoms with Crippen molar-refractivity contribution >= 4 is 24.1 Å². The van der Waals surface area contributed by atoms with Crippen molar-refractivity contribution in [1.29, 1.82) is 0 Å². The molecule has 0 aromatic heterocycles. The van der Waals surface area contributed by atoms with Crippen LogP contribution in [0.5, 0.6) is 0 Å². The second-order valence-corrected chi connectivity index (χ2v) is 15.8. The number of hydrogen-bond acceptors (Lipinski definition) is 7. The Labute approximate surface area is 268 Å². The van der Waals surface area contributed by atoms with Crippen LogP contribution in [0.15, 0.2) is 12.7 Å². The van der Waals surface area contributed by atoms with E-state index in [0.29, 0.717) is 6.42 Å². The Kier molecular flexibility index (Phi) is 10.5. The van der Waals surface area contributed by atoms with Crippen LogP contribution in [-0.4, -0.2) is 59.6 Å². The highest BCUT2D eigenvalue weighted by Gasteiger charge is 2.67. The normalized spacial score (nSPS) is 37.9. The number of carboxylic acids is 1. The second kappa shape index (κ2) is 13.5. The molecule has 4 saturated carbocycles. The summed E-state index contributed by atoms with van der Waals surface area (Å²) >= 11 is 0. The molecule has 254 valence electrons. The Morgan fingerprint density at radius 2 is 1.73 bits per heavy atom. The number of hydrogen-bond donors (Lipinski definition) is 3. The summed E-state index contributed by atoms with van der Waals surface area (Å²) in [5, 5.41) is 15.8. The Morgan fingerprint density at radius 3 is 2.36 bits per heavy atom. The molecule has 0 heterocycles. The van der Waals surface area contributed by atoms with E-state index in [4.69, 9.17) is 14.2 Å². The Balaban J connectivity index is 1.69. The van der Waals surface area contributed by atoms with Gasteiger partial charge >= 0.3 is 24.1 Å². The van der Waals surface area contributed by atoms with Crippen LogP contribution in [0, 0.1) is 46.3 Å². The first kappa shape index (κ1) is 35.1. The highest BCUT2D eigenvalue weighted by Crippen LogP contribution is 2.68. The minimum absolute atomic E-state index is 0.0367. The van der Waals surface area contributed by atoms with Crippen molar-refractivity contribution in [2.75, 3.05) is 6.61 Å². The lowest BCUT2D eigenvalue weighted by Crippen LogP contribution is -2.66. The molecule has 45 heavy (non-hydrogen) atoms. The largest absolute Gasteiger partial charge is 0.481 e. The monoisotopic (exact) mass is 632 g/mol. The lowest BCUT2D eigenvalue weighted by atomic mass is 9.42. The minimum Gasteiger partial charge on any atom is -0.481 e. The third-order valence-corrected chi connectivity index (χ3v) is 12.0. The molecular weight excluding hydrogens is 576 g/mol. The van der Waals surface area contributed by atoms with Crippen molar-refractivity contribution in [3.05, 3.63) is 12.7 Å². The van der Waals surface area contributed by atoms with Gasteiger partial charge in [0.15, 0.2) is 0 Å². The van der Waals surface area contributed by atoms with Crippen LogP contribution < -0.4 is 10.6 Å². The fourth-order valence-corrected chi connectivity index (χ4v) is 10.2. The summed E-state index contributed by atoms with van der Waals surface area (Å²) < 4.78 is 17.2. The van der Waals surface area contributed by atoms with Crippen LogP contribution in [0.25, 0.3) is 0 Å². The first-order valence-corrected chi connectivity index (χ1v) is 16.9. The van der Waals surface area contributed by atoms with Gasteiger partial charge in [-0.15, -0.1) is 0 Å². The van der Waals surface area contributed by atoms with Gasteiger partial charge in [0.25, 0.3) is 0 Å². The van der Waals surface area contributed by atoms with E-state index < -0.39 is 23.8 Å². The van der Waals surface area contributed by atoms with Crippen molar-refractivity contribution < 1.29 is 38.5 Å². The number of carbonyl (C=O) groups is 4. The van der Waals surface area contributed by atoms with Gasteiger partial charge in [-0.1, -0.05) is 33.4 Å². The zero-order chi connectivity index (χ0) is 33.3. The molecule has 4 aliphatic carbocycles. The maximum absolute atomic E-state index is 13.4. The van der Waals surface area contributed by atoms with Gasteiger partial charge in [-0.2, -0.15) is 0 Å². The summed E-state index contributed by atoms with van der Waals surface area (Å²) in [5.41, 5.74) is -1.05. The van der Waals surface area contributed by atoms with Crippen LogP contribution in [0.1, 0.15) is 106 Å². The van der Waals surface area contributed by atoms with E-state index in [1.807, 2.05) is 20.8 Å². The molecule has 10 nitrogen and oxygen atoms in total. The molecule has 4 aliphatic rings. The van der Waals surface area contributed by atoms with E-state index in [2.05, 4.69) is 38.0 Å². The van der Waals surface area contributed by atoms with Crippen molar-refractivity contribution in [3.63, 3.8) is 0 Å². The van der Waals surface area contributed by atoms with Gasteiger partial charge < -0.3 is 30.0 Å². The number of alkyl carbamates (subject to hydrolysis) is 2. The first-order chi connectivity index (χ1) is 21.0. The lowest BCUT2D eigenvalue weighted by Gasteiger charge is -2.64. The van der Waals surface area contributed by atoms with Crippen LogP contribution in [-0.2, 0) is 23.8 Å². The summed E-state index contributed by atoms with van der Waals surface area (Å²) in [6.45, 7) is 17.6. The molecule has 0 radical (unpaired) electrons. The molecular formula is C35H56N2O8. The number of nitrogens with one attached hydrogen (secondary N) is 2. The molecule has 0 spiro atoms. The maximum Gasteiger partial charge on any atom is 0.407 e. The number of rotatable bonds is 9. The van der Waals surface area contributed by atoms with E-state index in [-0.39, 0.29) is 83.5 Å². The third-order valence-electron chi connectivity index (χ3n) is 12.0. The standard InChI is InChI=1S/C35H56N2O8/c1-9-16-43-31(41)36-23-14-15-34(7)22(17-23)18-27(44-21(3)38)30-25-12-11-24(20(2)10-13-29(39)40)35(25,8)28(19-26(30)34)37-32(42)45-33(4,5)6/h9,20,22-28,30H,1,10-19H2,2-8H3,(H,36,41)(H,37,42)(H,39,40)/t20-,22+,23-,24-,25+,26+,27-,28+,30+,34+,35-/m1/s1. The van der Waals surface area contributed by atoms with E-state index in [9.17, 15) is 24.3 Å². The van der Waals surface area contributed by atoms with E-state index >= 15 is 0 Å². The lowest BCUT2D eigenvalue weighted by molar-refractivity contribution is -0.195. The Morgan fingerprint density at radius 1 is 1.02 bits per heavy atom. The summed E-state index contributed by atoms with van der Waals surface area (Å²) in [7, 11) is 0. The minimum atomic E-state index is -0.797. The Bertz CT molecular complexity index is 1140. The zero-order valence-electron chi connectivity index (χ0n) is 28.4. The molecule has 0 aromatic carbocycles. The van der Waals surface area contributed by atoms with Gasteiger partial charge in [0.05, 0.1) is 0 Å². The van der Waals surface area contributed by atoms with Gasteiger partial charge in [0.1, 0.15) is 18.3 Å². The van der Waals surface area contributed by atoms with Crippen molar-refractivity contribution in [3.8, 4) is 0 Å². The fraction of sp³-hybridized carbons (Fsp3) is 0.829. The third kappa shape index (κ3) is 7.46. The van der Waals surface area contributed by atoms with Crippen LogP contribution in [0.3, 0.4) is 0 Å². The molecule has 0 saturated heterocycles. The number of amides is 2. The van der Waals surface area contributed by atoms with Gasteiger partial charge in [-0.05, 0) is 113 Å². The molecule has 3 N–H and O–H groups in total. The quantitative estimate of drug-likeness (QED) is 0.149.